The number of nitrogens with zero attached hydrogens (tertiary/aromatic N) is 4. The Morgan fingerprint density at radius 1 is 1.22 bits per heavy atom. The van der Waals surface area contributed by atoms with Gasteiger partial charge < -0.3 is 0 Å². The molecule has 0 saturated carbocycles. The van der Waals surface area contributed by atoms with Crippen LogP contribution in [0.5, 0.6) is 0 Å². The molecule has 0 aromatic carbocycles. The first kappa shape index (κ1) is 10.0. The van der Waals surface area contributed by atoms with Crippen molar-refractivity contribution in [1.29, 1.82) is 0 Å². The van der Waals surface area contributed by atoms with Gasteiger partial charge in [-0.2, -0.15) is 0 Å². The van der Waals surface area contributed by atoms with E-state index >= 15 is 0 Å². The van der Waals surface area contributed by atoms with Gasteiger partial charge >= 0.3 is 0 Å². The molecule has 4 rings (SSSR count). The van der Waals surface area contributed by atoms with Gasteiger partial charge in [0, 0.05) is 12.4 Å². The maximum Gasteiger partial charge on any atom is 0.137 e. The minimum absolute atomic E-state index is 0.698. The molecule has 0 aliphatic heterocycles. The highest BCUT2D eigenvalue weighted by molar-refractivity contribution is 6.30. The van der Waals surface area contributed by atoms with Crippen molar-refractivity contribution in [2.24, 2.45) is 0 Å². The van der Waals surface area contributed by atoms with E-state index in [1.165, 1.54) is 5.56 Å². The highest BCUT2D eigenvalue weighted by atomic mass is 35.5. The lowest BCUT2D eigenvalue weighted by atomic mass is 9.98. The molecule has 0 fully saturated rings. The summed E-state index contributed by atoms with van der Waals surface area (Å²) < 4.78 is 2.02. The van der Waals surface area contributed by atoms with Crippen LogP contribution in [-0.4, -0.2) is 19.4 Å². The van der Waals surface area contributed by atoms with E-state index in [0.717, 1.165) is 35.6 Å². The van der Waals surface area contributed by atoms with E-state index in [0.29, 0.717) is 5.02 Å². The number of imidazole rings is 1. The van der Waals surface area contributed by atoms with E-state index in [-0.39, 0.29) is 0 Å². The molecule has 1 aliphatic carbocycles. The number of hydrogen-bond acceptors (Lipinski definition) is 3. The van der Waals surface area contributed by atoms with E-state index in [9.17, 15) is 0 Å². The second-order valence-corrected chi connectivity index (χ2v) is 4.82. The number of aryl methyl sites for hydroxylation is 2. The van der Waals surface area contributed by atoms with Crippen LogP contribution in [0.1, 0.15) is 11.3 Å². The maximum absolute atomic E-state index is 6.06. The van der Waals surface area contributed by atoms with E-state index in [1.807, 2.05) is 28.9 Å². The van der Waals surface area contributed by atoms with Gasteiger partial charge in [-0.15, -0.1) is 0 Å². The summed E-state index contributed by atoms with van der Waals surface area (Å²) in [6.07, 6.45) is 7.23. The highest BCUT2D eigenvalue weighted by Gasteiger charge is 2.22. The average Bonchev–Trinajstić information content (AvgIpc) is 2.77. The fraction of sp³-hybridized carbons (Fsp3) is 0.154. The Labute approximate surface area is 108 Å². The smallest absolute Gasteiger partial charge is 0.137 e. The first-order valence-electron chi connectivity index (χ1n) is 5.78. The van der Waals surface area contributed by atoms with E-state index in [1.54, 1.807) is 6.33 Å². The number of rotatable bonds is 0. The Hall–Kier alpha value is -1.94. The van der Waals surface area contributed by atoms with Gasteiger partial charge in [0.15, 0.2) is 0 Å². The van der Waals surface area contributed by atoms with Crippen LogP contribution in [0.2, 0.25) is 5.02 Å². The molecule has 0 radical (unpaired) electrons. The summed E-state index contributed by atoms with van der Waals surface area (Å²) in [5.74, 6) is 0. The molecule has 3 heterocycles. The Kier molecular flexibility index (Phi) is 1.96. The fourth-order valence-corrected chi connectivity index (χ4v) is 2.66. The number of pyridine rings is 1. The van der Waals surface area contributed by atoms with Crippen molar-refractivity contribution in [2.75, 3.05) is 0 Å². The van der Waals surface area contributed by atoms with E-state index in [4.69, 9.17) is 11.6 Å². The Morgan fingerprint density at radius 3 is 3.11 bits per heavy atom. The van der Waals surface area contributed by atoms with Gasteiger partial charge in [0.25, 0.3) is 0 Å². The Bertz CT molecular complexity index is 763. The van der Waals surface area contributed by atoms with Crippen molar-refractivity contribution < 1.29 is 0 Å². The molecule has 0 saturated heterocycles. The van der Waals surface area contributed by atoms with Crippen LogP contribution in [0, 0.1) is 0 Å². The molecule has 0 unspecified atom stereocenters. The number of fused-ring (bicyclic) bond motifs is 5. The van der Waals surface area contributed by atoms with Crippen LogP contribution >= 0.6 is 11.6 Å². The van der Waals surface area contributed by atoms with Crippen molar-refractivity contribution in [3.8, 4) is 11.4 Å². The summed E-state index contributed by atoms with van der Waals surface area (Å²) in [4.78, 5) is 13.1. The van der Waals surface area contributed by atoms with Gasteiger partial charge in [-0.05, 0) is 30.5 Å². The SMILES string of the molecule is Clc1ccc2nc3c(n2c1)-c1ncncc1CC3. The highest BCUT2D eigenvalue weighted by Crippen LogP contribution is 2.32. The number of aromatic nitrogens is 4. The molecule has 4 nitrogen and oxygen atoms in total. The number of hydrogen-bond donors (Lipinski definition) is 0. The van der Waals surface area contributed by atoms with Crippen molar-refractivity contribution in [3.63, 3.8) is 0 Å². The summed E-state index contributed by atoms with van der Waals surface area (Å²) in [6.45, 7) is 0. The summed E-state index contributed by atoms with van der Waals surface area (Å²) in [5, 5.41) is 0.698. The minimum Gasteiger partial charge on any atom is -0.296 e. The Morgan fingerprint density at radius 2 is 2.17 bits per heavy atom. The Balaban J connectivity index is 2.13. The molecule has 0 N–H and O–H groups in total. The molecule has 0 atom stereocenters. The van der Waals surface area contributed by atoms with Crippen molar-refractivity contribution in [1.82, 2.24) is 19.4 Å². The second-order valence-electron chi connectivity index (χ2n) is 4.38. The summed E-state index contributed by atoms with van der Waals surface area (Å²) in [5.41, 5.74) is 5.20. The third-order valence-corrected chi connectivity index (χ3v) is 3.52. The summed E-state index contributed by atoms with van der Waals surface area (Å²) in [7, 11) is 0. The average molecular weight is 257 g/mol. The molecular formula is C13H9ClN4. The van der Waals surface area contributed by atoms with Crippen molar-refractivity contribution in [2.45, 2.75) is 12.8 Å². The van der Waals surface area contributed by atoms with Gasteiger partial charge in [-0.3, -0.25) is 4.40 Å². The standard InChI is InChI=1S/C13H9ClN4/c14-9-2-4-11-17-10-3-1-8-5-15-7-16-12(8)13(10)18(11)6-9/h2,4-7H,1,3H2. The molecule has 0 bridgehead atoms. The predicted octanol–water partition coefficient (Wildman–Crippen LogP) is 2.54. The van der Waals surface area contributed by atoms with Crippen LogP contribution in [0.15, 0.2) is 30.9 Å². The molecule has 18 heavy (non-hydrogen) atoms. The third-order valence-electron chi connectivity index (χ3n) is 3.30. The van der Waals surface area contributed by atoms with Gasteiger partial charge in [0.2, 0.25) is 0 Å². The monoisotopic (exact) mass is 256 g/mol. The molecular weight excluding hydrogens is 248 g/mol. The van der Waals surface area contributed by atoms with Crippen LogP contribution in [-0.2, 0) is 12.8 Å². The zero-order chi connectivity index (χ0) is 12.1. The first-order chi connectivity index (χ1) is 8.83. The predicted molar refractivity (Wildman–Crippen MR) is 68.6 cm³/mol. The van der Waals surface area contributed by atoms with Crippen LogP contribution in [0.25, 0.3) is 17.0 Å². The quantitative estimate of drug-likeness (QED) is 0.621. The van der Waals surface area contributed by atoms with Gasteiger partial charge in [-0.1, -0.05) is 11.6 Å². The maximum atomic E-state index is 6.06. The number of halogens is 1. The van der Waals surface area contributed by atoms with Crippen LogP contribution < -0.4 is 0 Å². The molecule has 5 heteroatoms. The minimum atomic E-state index is 0.698. The molecule has 0 amide bonds. The van der Waals surface area contributed by atoms with E-state index in [2.05, 4.69) is 15.0 Å². The van der Waals surface area contributed by atoms with Gasteiger partial charge in [0.1, 0.15) is 12.0 Å². The molecule has 88 valence electrons. The normalized spacial score (nSPS) is 13.4. The lowest BCUT2D eigenvalue weighted by Crippen LogP contribution is -2.07. The second kappa shape index (κ2) is 3.53. The molecule has 3 aromatic rings. The molecule has 1 aliphatic rings. The van der Waals surface area contributed by atoms with Crippen molar-refractivity contribution in [3.05, 3.63) is 47.1 Å². The van der Waals surface area contributed by atoms with Crippen molar-refractivity contribution >= 4 is 17.2 Å². The fourth-order valence-electron chi connectivity index (χ4n) is 2.50. The van der Waals surface area contributed by atoms with Gasteiger partial charge in [-0.25, -0.2) is 15.0 Å². The van der Waals surface area contributed by atoms with Crippen LogP contribution in [0.4, 0.5) is 0 Å². The topological polar surface area (TPSA) is 43.1 Å². The zero-order valence-corrected chi connectivity index (χ0v) is 10.2. The van der Waals surface area contributed by atoms with Crippen LogP contribution in [0.3, 0.4) is 0 Å². The summed E-state index contributed by atoms with van der Waals surface area (Å²) in [6, 6.07) is 3.79. The largest absolute Gasteiger partial charge is 0.296 e. The lowest BCUT2D eigenvalue weighted by molar-refractivity contribution is 0.881. The first-order valence-corrected chi connectivity index (χ1v) is 6.16. The summed E-state index contributed by atoms with van der Waals surface area (Å²) >= 11 is 6.06. The third kappa shape index (κ3) is 1.29. The molecule has 0 spiro atoms. The molecule has 3 aromatic heterocycles. The van der Waals surface area contributed by atoms with E-state index < -0.39 is 0 Å². The van der Waals surface area contributed by atoms with Gasteiger partial charge in [0.05, 0.1) is 22.1 Å². The zero-order valence-electron chi connectivity index (χ0n) is 9.47. The lowest BCUT2D eigenvalue weighted by Gasteiger charge is -2.14.